The van der Waals surface area contributed by atoms with Gasteiger partial charge in [0.2, 0.25) is 5.88 Å². The summed E-state index contributed by atoms with van der Waals surface area (Å²) < 4.78 is 10.6. The van der Waals surface area contributed by atoms with E-state index in [4.69, 9.17) is 9.47 Å². The Morgan fingerprint density at radius 2 is 2.00 bits per heavy atom. The number of thiophene rings is 1. The zero-order valence-corrected chi connectivity index (χ0v) is 17.9. The van der Waals surface area contributed by atoms with Gasteiger partial charge in [-0.2, -0.15) is 4.98 Å². The molecule has 3 aromatic rings. The highest BCUT2D eigenvalue weighted by molar-refractivity contribution is 7.20. The molecule has 3 heterocycles. The van der Waals surface area contributed by atoms with E-state index in [-0.39, 0.29) is 5.91 Å². The normalized spacial score (nSPS) is 14.1. The van der Waals surface area contributed by atoms with Crippen LogP contribution < -0.4 is 9.64 Å². The predicted molar refractivity (Wildman–Crippen MR) is 114 cm³/mol. The minimum absolute atomic E-state index is 0.0194. The number of carbonyl (C=O) groups excluding carboxylic acids is 1. The first-order valence-electron chi connectivity index (χ1n) is 9.44. The lowest BCUT2D eigenvalue weighted by Gasteiger charge is -2.20. The third-order valence-corrected chi connectivity index (χ3v) is 6.39. The summed E-state index contributed by atoms with van der Waals surface area (Å²) >= 11 is 1.39. The number of rotatable bonds is 4. The van der Waals surface area contributed by atoms with Gasteiger partial charge < -0.3 is 19.3 Å². The van der Waals surface area contributed by atoms with Gasteiger partial charge in [-0.3, -0.25) is 4.79 Å². The second kappa shape index (κ2) is 7.96. The number of aromatic nitrogens is 2. The van der Waals surface area contributed by atoms with Crippen LogP contribution in [0.15, 0.2) is 24.3 Å². The molecule has 0 aliphatic carbocycles. The molecule has 1 aliphatic rings. The zero-order chi connectivity index (χ0) is 20.5. The highest BCUT2D eigenvalue weighted by atomic mass is 32.1. The number of benzene rings is 1. The summed E-state index contributed by atoms with van der Waals surface area (Å²) in [4.78, 5) is 28.0. The summed E-state index contributed by atoms with van der Waals surface area (Å²) in [7, 11) is 5.25. The molecular weight excluding hydrogens is 388 g/mol. The smallest absolute Gasteiger partial charge is 0.264 e. The highest BCUT2D eigenvalue weighted by Gasteiger charge is 2.27. The van der Waals surface area contributed by atoms with Crippen molar-refractivity contribution in [2.24, 2.45) is 0 Å². The number of aryl methyl sites for hydroxylation is 1. The van der Waals surface area contributed by atoms with Crippen LogP contribution in [-0.4, -0.2) is 55.1 Å². The van der Waals surface area contributed by atoms with E-state index in [1.807, 2.05) is 24.0 Å². The van der Waals surface area contributed by atoms with E-state index in [1.165, 1.54) is 17.0 Å². The van der Waals surface area contributed by atoms with Crippen LogP contribution in [0.2, 0.25) is 0 Å². The summed E-state index contributed by atoms with van der Waals surface area (Å²) in [5.41, 5.74) is 3.19. The molecule has 152 valence electrons. The fraction of sp³-hybridized carbons (Fsp3) is 0.381. The Hall–Kier alpha value is -2.71. The van der Waals surface area contributed by atoms with Gasteiger partial charge >= 0.3 is 0 Å². The van der Waals surface area contributed by atoms with Crippen LogP contribution in [-0.2, 0) is 17.9 Å². The van der Waals surface area contributed by atoms with Gasteiger partial charge in [0.05, 0.1) is 17.4 Å². The van der Waals surface area contributed by atoms with Crippen LogP contribution in [0.3, 0.4) is 0 Å². The van der Waals surface area contributed by atoms with Crippen molar-refractivity contribution in [2.75, 3.05) is 39.3 Å². The Balaban J connectivity index is 1.73. The highest BCUT2D eigenvalue weighted by Crippen LogP contribution is 2.36. The van der Waals surface area contributed by atoms with Crippen LogP contribution >= 0.6 is 11.3 Å². The number of ether oxygens (including phenoxy) is 2. The lowest BCUT2D eigenvalue weighted by Crippen LogP contribution is -2.34. The van der Waals surface area contributed by atoms with Crippen molar-refractivity contribution in [1.29, 1.82) is 0 Å². The number of carbonyl (C=O) groups is 1. The van der Waals surface area contributed by atoms with Crippen molar-refractivity contribution in [2.45, 2.75) is 20.1 Å². The van der Waals surface area contributed by atoms with Crippen LogP contribution in [0.1, 0.15) is 26.6 Å². The van der Waals surface area contributed by atoms with Crippen molar-refractivity contribution in [3.63, 3.8) is 0 Å². The van der Waals surface area contributed by atoms with Crippen molar-refractivity contribution in [3.05, 3.63) is 46.1 Å². The first-order valence-corrected chi connectivity index (χ1v) is 10.3. The second-order valence-electron chi connectivity index (χ2n) is 7.10. The number of nitrogens with zero attached hydrogens (tertiary/aromatic N) is 4. The van der Waals surface area contributed by atoms with Crippen LogP contribution in [0.25, 0.3) is 10.2 Å². The zero-order valence-electron chi connectivity index (χ0n) is 17.1. The Morgan fingerprint density at radius 1 is 1.21 bits per heavy atom. The van der Waals surface area contributed by atoms with Gasteiger partial charge in [0.15, 0.2) is 5.82 Å². The molecule has 0 N–H and O–H groups in total. The maximum absolute atomic E-state index is 13.5. The van der Waals surface area contributed by atoms with E-state index in [2.05, 4.69) is 34.0 Å². The third-order valence-electron chi connectivity index (χ3n) is 5.22. The van der Waals surface area contributed by atoms with E-state index >= 15 is 0 Å². The monoisotopic (exact) mass is 412 g/mol. The van der Waals surface area contributed by atoms with Gasteiger partial charge in [0, 0.05) is 39.5 Å². The number of fused-ring (bicyclic) bond motifs is 2. The summed E-state index contributed by atoms with van der Waals surface area (Å²) in [5.74, 6) is 1.05. The van der Waals surface area contributed by atoms with E-state index < -0.39 is 0 Å². The Kier molecular flexibility index (Phi) is 5.38. The molecule has 29 heavy (non-hydrogen) atoms. The van der Waals surface area contributed by atoms with E-state index in [9.17, 15) is 4.79 Å². The standard InChI is InChI=1S/C21H24N4O3S/c1-13-17-19(28-4)22-16(12-27-3)23-20(17)29-18(13)21(26)25-10-9-24(2)15-8-6-5-7-14(15)11-25/h5-8H,9-12H2,1-4H3. The van der Waals surface area contributed by atoms with Crippen molar-refractivity contribution in [3.8, 4) is 5.88 Å². The van der Waals surface area contributed by atoms with Crippen molar-refractivity contribution in [1.82, 2.24) is 14.9 Å². The molecule has 1 amide bonds. The predicted octanol–water partition coefficient (Wildman–Crippen LogP) is 3.25. The van der Waals surface area contributed by atoms with Gasteiger partial charge in [-0.1, -0.05) is 18.2 Å². The second-order valence-corrected chi connectivity index (χ2v) is 8.09. The number of amides is 1. The molecule has 1 aliphatic heterocycles. The number of methoxy groups -OCH3 is 2. The molecular formula is C21H24N4O3S. The molecule has 0 fully saturated rings. The molecule has 1 aromatic carbocycles. The number of anilines is 1. The molecule has 7 nitrogen and oxygen atoms in total. The lowest BCUT2D eigenvalue weighted by atomic mass is 10.1. The molecule has 2 aromatic heterocycles. The molecule has 0 saturated heterocycles. The average Bonchev–Trinajstić information content (AvgIpc) is 2.96. The summed E-state index contributed by atoms with van der Waals surface area (Å²) in [6.07, 6.45) is 0. The Morgan fingerprint density at radius 3 is 2.76 bits per heavy atom. The SMILES string of the molecule is COCc1nc(OC)c2c(C)c(C(=O)N3CCN(C)c4ccccc4C3)sc2n1. The first kappa shape index (κ1) is 19.6. The lowest BCUT2D eigenvalue weighted by molar-refractivity contribution is 0.0756. The summed E-state index contributed by atoms with van der Waals surface area (Å²) in [6.45, 7) is 4.27. The third kappa shape index (κ3) is 3.54. The molecule has 0 bridgehead atoms. The van der Waals surface area contributed by atoms with Gasteiger partial charge in [0.1, 0.15) is 11.4 Å². The number of hydrogen-bond acceptors (Lipinski definition) is 7. The van der Waals surface area contributed by atoms with Gasteiger partial charge in [-0.25, -0.2) is 4.98 Å². The van der Waals surface area contributed by atoms with Crippen LogP contribution in [0.5, 0.6) is 5.88 Å². The molecule has 0 radical (unpaired) electrons. The quantitative estimate of drug-likeness (QED) is 0.655. The summed E-state index contributed by atoms with van der Waals surface area (Å²) in [5, 5.41) is 0.799. The molecule has 4 rings (SSSR count). The van der Waals surface area contributed by atoms with Gasteiger partial charge in [0.25, 0.3) is 5.91 Å². The first-order chi connectivity index (χ1) is 14.0. The molecule has 8 heteroatoms. The van der Waals surface area contributed by atoms with Crippen molar-refractivity contribution < 1.29 is 14.3 Å². The number of hydrogen-bond donors (Lipinski definition) is 0. The molecule has 0 unspecified atom stereocenters. The van der Waals surface area contributed by atoms with E-state index in [0.717, 1.165) is 27.9 Å². The number of likely N-dealkylation sites (N-methyl/N-ethyl adjacent to an activating group) is 1. The van der Waals surface area contributed by atoms with E-state index in [1.54, 1.807) is 14.2 Å². The minimum atomic E-state index is 0.0194. The summed E-state index contributed by atoms with van der Waals surface area (Å²) in [6, 6.07) is 8.24. The van der Waals surface area contributed by atoms with Crippen LogP contribution in [0, 0.1) is 6.92 Å². The van der Waals surface area contributed by atoms with Gasteiger partial charge in [-0.05, 0) is 24.1 Å². The Labute approximate surface area is 173 Å². The van der Waals surface area contributed by atoms with Gasteiger partial charge in [-0.15, -0.1) is 11.3 Å². The number of para-hydroxylation sites is 1. The fourth-order valence-corrected chi connectivity index (χ4v) is 4.86. The fourth-order valence-electron chi connectivity index (χ4n) is 3.70. The largest absolute Gasteiger partial charge is 0.480 e. The van der Waals surface area contributed by atoms with Crippen LogP contribution in [0.4, 0.5) is 5.69 Å². The van der Waals surface area contributed by atoms with Crippen molar-refractivity contribution >= 4 is 33.1 Å². The minimum Gasteiger partial charge on any atom is -0.480 e. The van der Waals surface area contributed by atoms with E-state index in [0.29, 0.717) is 36.3 Å². The average molecular weight is 413 g/mol. The maximum Gasteiger partial charge on any atom is 0.264 e. The Bertz CT molecular complexity index is 1070. The maximum atomic E-state index is 13.5. The molecule has 0 spiro atoms. The topological polar surface area (TPSA) is 67.8 Å². The molecule has 0 saturated carbocycles. The molecule has 0 atom stereocenters.